The molecule has 0 aliphatic carbocycles. The van der Waals surface area contributed by atoms with Gasteiger partial charge in [0.15, 0.2) is 0 Å². The highest BCUT2D eigenvalue weighted by Crippen LogP contribution is 2.26. The van der Waals surface area contributed by atoms with Crippen molar-refractivity contribution in [1.29, 1.82) is 0 Å². The largest absolute Gasteiger partial charge is 0.510 e. The molecule has 1 N–H and O–H groups in total. The van der Waals surface area contributed by atoms with E-state index in [9.17, 15) is 9.90 Å². The number of thiazole rings is 1. The Morgan fingerprint density at radius 3 is 2.76 bits per heavy atom. The van der Waals surface area contributed by atoms with Gasteiger partial charge in [0.05, 0.1) is 12.0 Å². The number of carbonyl (C=O) groups is 1. The van der Waals surface area contributed by atoms with Crippen molar-refractivity contribution in [3.05, 3.63) is 21.8 Å². The number of esters is 1. The van der Waals surface area contributed by atoms with Crippen molar-refractivity contribution < 1.29 is 14.6 Å². The lowest BCUT2D eigenvalue weighted by Gasteiger charge is -2.09. The molecule has 1 rings (SSSR count). The SMILES string of the molecule is CCOC(=O)/C(=C(/O)[C@@H](C)Cl)c1nc(C)cs1. The fraction of sp³-hybridized carbons (Fsp3) is 0.455. The van der Waals surface area contributed by atoms with E-state index in [1.807, 2.05) is 6.92 Å². The maximum Gasteiger partial charge on any atom is 0.344 e. The molecule has 0 radical (unpaired) electrons. The molecule has 1 aromatic rings. The van der Waals surface area contributed by atoms with Gasteiger partial charge in [-0.25, -0.2) is 9.78 Å². The molecule has 0 spiro atoms. The predicted octanol–water partition coefficient (Wildman–Crippen LogP) is 2.91. The minimum Gasteiger partial charge on any atom is -0.510 e. The third-order valence-corrected chi connectivity index (χ3v) is 3.13. The summed E-state index contributed by atoms with van der Waals surface area (Å²) in [5.41, 5.74) is 0.828. The molecule has 0 saturated heterocycles. The van der Waals surface area contributed by atoms with Crippen molar-refractivity contribution in [3.8, 4) is 0 Å². The summed E-state index contributed by atoms with van der Waals surface area (Å²) in [6, 6.07) is 0. The zero-order valence-electron chi connectivity index (χ0n) is 9.86. The maximum atomic E-state index is 11.8. The molecule has 0 fully saturated rings. The second-order valence-corrected chi connectivity index (χ2v) is 4.90. The summed E-state index contributed by atoms with van der Waals surface area (Å²) in [5.74, 6) is -0.814. The maximum absolute atomic E-state index is 11.8. The Morgan fingerprint density at radius 2 is 2.35 bits per heavy atom. The summed E-state index contributed by atoms with van der Waals surface area (Å²) in [4.78, 5) is 15.9. The highest BCUT2D eigenvalue weighted by atomic mass is 35.5. The van der Waals surface area contributed by atoms with E-state index in [0.29, 0.717) is 5.01 Å². The topological polar surface area (TPSA) is 59.4 Å². The van der Waals surface area contributed by atoms with E-state index >= 15 is 0 Å². The normalized spacial score (nSPS) is 14.1. The van der Waals surface area contributed by atoms with Crippen molar-refractivity contribution in [2.45, 2.75) is 26.1 Å². The lowest BCUT2D eigenvalue weighted by atomic mass is 10.2. The van der Waals surface area contributed by atoms with Crippen LogP contribution in [-0.2, 0) is 9.53 Å². The number of carbonyl (C=O) groups excluding carboxylic acids is 1. The van der Waals surface area contributed by atoms with Gasteiger partial charge in [0.25, 0.3) is 0 Å². The average Bonchev–Trinajstić information content (AvgIpc) is 2.65. The standard InChI is InChI=1S/C11H14ClNO3S/c1-4-16-11(15)8(9(14)7(3)12)10-13-6(2)5-17-10/h5,7,14H,4H2,1-3H3/b9-8+/t7-/m1/s1. The molecule has 0 bridgehead atoms. The zero-order valence-corrected chi connectivity index (χ0v) is 11.4. The Labute approximate surface area is 109 Å². The minimum absolute atomic E-state index is 0.0486. The number of aromatic nitrogens is 1. The number of aliphatic hydroxyl groups is 1. The van der Waals surface area contributed by atoms with Crippen molar-refractivity contribution in [2.75, 3.05) is 6.61 Å². The molecule has 17 heavy (non-hydrogen) atoms. The number of halogens is 1. The highest BCUT2D eigenvalue weighted by Gasteiger charge is 2.24. The summed E-state index contributed by atoms with van der Waals surface area (Å²) in [5, 5.41) is 11.4. The second-order valence-electron chi connectivity index (χ2n) is 3.39. The lowest BCUT2D eigenvalue weighted by Crippen LogP contribution is -2.12. The molecule has 0 aliphatic rings. The fourth-order valence-electron chi connectivity index (χ4n) is 1.17. The zero-order chi connectivity index (χ0) is 13.0. The summed E-state index contributed by atoms with van der Waals surface area (Å²) >= 11 is 7.05. The third-order valence-electron chi connectivity index (χ3n) is 1.95. The van der Waals surface area contributed by atoms with Crippen LogP contribution in [0.1, 0.15) is 24.5 Å². The monoisotopic (exact) mass is 275 g/mol. The van der Waals surface area contributed by atoms with Gasteiger partial charge in [0.1, 0.15) is 16.3 Å². The van der Waals surface area contributed by atoms with Gasteiger partial charge in [0, 0.05) is 11.1 Å². The first-order valence-electron chi connectivity index (χ1n) is 5.14. The third kappa shape index (κ3) is 3.44. The Kier molecular flexibility index (Phi) is 4.96. The van der Waals surface area contributed by atoms with Crippen LogP contribution in [0.15, 0.2) is 11.1 Å². The van der Waals surface area contributed by atoms with E-state index in [-0.39, 0.29) is 17.9 Å². The molecule has 1 aromatic heterocycles. The van der Waals surface area contributed by atoms with E-state index in [2.05, 4.69) is 4.98 Å². The number of ether oxygens (including phenoxy) is 1. The van der Waals surface area contributed by atoms with Crippen LogP contribution < -0.4 is 0 Å². The van der Waals surface area contributed by atoms with Gasteiger partial charge >= 0.3 is 5.97 Å². The molecule has 4 nitrogen and oxygen atoms in total. The molecule has 0 unspecified atom stereocenters. The van der Waals surface area contributed by atoms with Crippen LogP contribution in [0.4, 0.5) is 0 Å². The Morgan fingerprint density at radius 1 is 1.71 bits per heavy atom. The molecule has 0 amide bonds. The van der Waals surface area contributed by atoms with Gasteiger partial charge in [-0.2, -0.15) is 0 Å². The number of hydrogen-bond acceptors (Lipinski definition) is 5. The van der Waals surface area contributed by atoms with Crippen LogP contribution in [0.25, 0.3) is 5.57 Å². The van der Waals surface area contributed by atoms with E-state index in [1.54, 1.807) is 19.2 Å². The summed E-state index contributed by atoms with van der Waals surface area (Å²) in [6.07, 6.45) is 0. The van der Waals surface area contributed by atoms with E-state index in [0.717, 1.165) is 5.69 Å². The molecule has 0 saturated carbocycles. The van der Waals surface area contributed by atoms with Gasteiger partial charge in [-0.05, 0) is 20.8 Å². The molecule has 1 heterocycles. The van der Waals surface area contributed by atoms with Crippen molar-refractivity contribution in [3.63, 3.8) is 0 Å². The number of aliphatic hydroxyl groups excluding tert-OH is 1. The number of rotatable bonds is 4. The first-order valence-corrected chi connectivity index (χ1v) is 6.45. The van der Waals surface area contributed by atoms with Gasteiger partial charge in [-0.15, -0.1) is 22.9 Å². The van der Waals surface area contributed by atoms with Crippen LogP contribution in [0.5, 0.6) is 0 Å². The van der Waals surface area contributed by atoms with E-state index in [1.165, 1.54) is 11.3 Å². The number of allylic oxidation sites excluding steroid dienone is 1. The summed E-state index contributed by atoms with van der Waals surface area (Å²) in [7, 11) is 0. The van der Waals surface area contributed by atoms with Crippen LogP contribution in [-0.4, -0.2) is 28.0 Å². The second kappa shape index (κ2) is 6.02. The molecule has 94 valence electrons. The number of aryl methyl sites for hydroxylation is 1. The molecule has 6 heteroatoms. The quantitative estimate of drug-likeness (QED) is 0.397. The average molecular weight is 276 g/mol. The Bertz CT molecular complexity index is 440. The van der Waals surface area contributed by atoms with Crippen LogP contribution in [0.2, 0.25) is 0 Å². The van der Waals surface area contributed by atoms with Gasteiger partial charge in [-0.1, -0.05) is 0 Å². The molecule has 1 atom stereocenters. The van der Waals surface area contributed by atoms with Crippen molar-refractivity contribution in [1.82, 2.24) is 4.98 Å². The fourth-order valence-corrected chi connectivity index (χ4v) is 2.12. The Balaban J connectivity index is 3.21. The van der Waals surface area contributed by atoms with E-state index in [4.69, 9.17) is 16.3 Å². The van der Waals surface area contributed by atoms with Crippen LogP contribution >= 0.6 is 22.9 Å². The highest BCUT2D eigenvalue weighted by molar-refractivity contribution is 7.11. The number of nitrogens with zero attached hydrogens (tertiary/aromatic N) is 1. The molecular formula is C11H14ClNO3S. The lowest BCUT2D eigenvalue weighted by molar-refractivity contribution is -0.136. The number of hydrogen-bond donors (Lipinski definition) is 1. The predicted molar refractivity (Wildman–Crippen MR) is 68.3 cm³/mol. The molecular weight excluding hydrogens is 262 g/mol. The summed E-state index contributed by atoms with van der Waals surface area (Å²) < 4.78 is 4.89. The first-order chi connectivity index (χ1) is 7.97. The molecule has 0 aliphatic heterocycles. The Hall–Kier alpha value is -1.07. The first kappa shape index (κ1) is 14.0. The van der Waals surface area contributed by atoms with Gasteiger partial charge in [-0.3, -0.25) is 0 Å². The van der Waals surface area contributed by atoms with E-state index < -0.39 is 11.3 Å². The van der Waals surface area contributed by atoms with Crippen LogP contribution in [0, 0.1) is 6.92 Å². The van der Waals surface area contributed by atoms with Gasteiger partial charge in [0.2, 0.25) is 0 Å². The number of alkyl halides is 1. The van der Waals surface area contributed by atoms with Gasteiger partial charge < -0.3 is 9.84 Å². The van der Waals surface area contributed by atoms with Crippen molar-refractivity contribution in [2.24, 2.45) is 0 Å². The van der Waals surface area contributed by atoms with Crippen LogP contribution in [0.3, 0.4) is 0 Å². The minimum atomic E-state index is -0.668. The van der Waals surface area contributed by atoms with Crippen molar-refractivity contribution >= 4 is 34.5 Å². The smallest absolute Gasteiger partial charge is 0.344 e. The molecule has 0 aromatic carbocycles. The summed E-state index contributed by atoms with van der Waals surface area (Å²) in [6.45, 7) is 5.32.